The highest BCUT2D eigenvalue weighted by molar-refractivity contribution is 5.92. The van der Waals surface area contributed by atoms with Crippen LogP contribution in [0.2, 0.25) is 0 Å². The predicted octanol–water partition coefficient (Wildman–Crippen LogP) is 3.61. The Morgan fingerprint density at radius 1 is 0.967 bits per heavy atom. The van der Waals surface area contributed by atoms with Crippen LogP contribution in [0.1, 0.15) is 11.3 Å². The van der Waals surface area contributed by atoms with Crippen molar-refractivity contribution in [3.05, 3.63) is 66.1 Å². The van der Waals surface area contributed by atoms with E-state index in [4.69, 9.17) is 10.5 Å². The van der Waals surface area contributed by atoms with E-state index in [9.17, 15) is 0 Å². The van der Waals surface area contributed by atoms with Crippen LogP contribution in [0.5, 0.6) is 0 Å². The number of nitrogens with zero attached hydrogens (tertiary/aromatic N) is 4. The summed E-state index contributed by atoms with van der Waals surface area (Å²) in [6.45, 7) is 3.28. The SMILES string of the molecule is Nc1cc(-c2ccc3c(/C=C/c4ccc(N5CCOCC5)nc4)n[nH]c3c2)ccn1. The fraction of sp³-hybridized carbons (Fsp3) is 0.174. The van der Waals surface area contributed by atoms with Gasteiger partial charge in [0.05, 0.1) is 24.4 Å². The van der Waals surface area contributed by atoms with Crippen LogP contribution in [0.15, 0.2) is 54.9 Å². The molecule has 5 rings (SSSR count). The number of morpholine rings is 1. The van der Waals surface area contributed by atoms with Crippen molar-refractivity contribution >= 4 is 34.7 Å². The standard InChI is InChI=1S/C23H22N6O/c24-22-14-18(7-8-25-22)17-3-4-19-20(27-28-21(19)13-17)5-1-16-2-6-23(26-15-16)29-9-11-30-12-10-29/h1-8,13-15H,9-12H2,(H2,24,25)(H,27,28)/b5-1+. The number of nitrogen functional groups attached to an aromatic ring is 1. The summed E-state index contributed by atoms with van der Waals surface area (Å²) in [5.41, 5.74) is 10.8. The number of ether oxygens (including phenoxy) is 1. The molecular weight excluding hydrogens is 376 g/mol. The fourth-order valence-corrected chi connectivity index (χ4v) is 3.63. The number of aromatic nitrogens is 4. The molecule has 1 fully saturated rings. The van der Waals surface area contributed by atoms with Crippen molar-refractivity contribution in [1.29, 1.82) is 0 Å². The smallest absolute Gasteiger partial charge is 0.128 e. The maximum absolute atomic E-state index is 5.81. The van der Waals surface area contributed by atoms with E-state index in [1.54, 1.807) is 6.20 Å². The van der Waals surface area contributed by atoms with Gasteiger partial charge in [0.15, 0.2) is 0 Å². The molecule has 3 N–H and O–H groups in total. The van der Waals surface area contributed by atoms with Gasteiger partial charge in [0, 0.05) is 30.9 Å². The normalized spacial score (nSPS) is 14.6. The fourth-order valence-electron chi connectivity index (χ4n) is 3.63. The van der Waals surface area contributed by atoms with Gasteiger partial charge in [0.25, 0.3) is 0 Å². The first-order chi connectivity index (χ1) is 14.8. The zero-order chi connectivity index (χ0) is 20.3. The van der Waals surface area contributed by atoms with Gasteiger partial charge in [0.2, 0.25) is 0 Å². The highest BCUT2D eigenvalue weighted by Gasteiger charge is 2.11. The summed E-state index contributed by atoms with van der Waals surface area (Å²) < 4.78 is 5.40. The molecular formula is C23H22N6O. The molecule has 4 aromatic rings. The Labute approximate surface area is 174 Å². The minimum Gasteiger partial charge on any atom is -0.384 e. The highest BCUT2D eigenvalue weighted by Crippen LogP contribution is 2.26. The molecule has 1 saturated heterocycles. The third kappa shape index (κ3) is 3.75. The Kier molecular flexibility index (Phi) is 4.86. The van der Waals surface area contributed by atoms with Crippen molar-refractivity contribution in [3.63, 3.8) is 0 Å². The Morgan fingerprint density at radius 2 is 1.83 bits per heavy atom. The Balaban J connectivity index is 1.35. The van der Waals surface area contributed by atoms with E-state index < -0.39 is 0 Å². The molecule has 0 bridgehead atoms. The second-order valence-electron chi connectivity index (χ2n) is 7.22. The molecule has 3 aromatic heterocycles. The van der Waals surface area contributed by atoms with Gasteiger partial charge in [0.1, 0.15) is 11.6 Å². The number of H-pyrrole nitrogens is 1. The summed E-state index contributed by atoms with van der Waals surface area (Å²) in [6.07, 6.45) is 7.65. The van der Waals surface area contributed by atoms with Crippen LogP contribution < -0.4 is 10.6 Å². The van der Waals surface area contributed by atoms with Crippen LogP contribution in [0.3, 0.4) is 0 Å². The van der Waals surface area contributed by atoms with Crippen molar-refractivity contribution in [2.24, 2.45) is 0 Å². The van der Waals surface area contributed by atoms with E-state index in [1.807, 2.05) is 30.5 Å². The average molecular weight is 398 g/mol. The van der Waals surface area contributed by atoms with E-state index in [0.29, 0.717) is 5.82 Å². The van der Waals surface area contributed by atoms with Crippen molar-refractivity contribution in [2.75, 3.05) is 36.9 Å². The number of hydrogen-bond donors (Lipinski definition) is 2. The molecule has 0 radical (unpaired) electrons. The molecule has 0 spiro atoms. The van der Waals surface area contributed by atoms with Gasteiger partial charge in [-0.05, 0) is 59.2 Å². The number of fused-ring (bicyclic) bond motifs is 1. The minimum absolute atomic E-state index is 0.508. The van der Waals surface area contributed by atoms with Gasteiger partial charge in [-0.15, -0.1) is 0 Å². The second-order valence-corrected chi connectivity index (χ2v) is 7.22. The topological polar surface area (TPSA) is 93.0 Å². The van der Waals surface area contributed by atoms with Crippen LogP contribution in [0.25, 0.3) is 34.2 Å². The van der Waals surface area contributed by atoms with E-state index in [1.165, 1.54) is 0 Å². The molecule has 7 nitrogen and oxygen atoms in total. The summed E-state index contributed by atoms with van der Waals surface area (Å²) >= 11 is 0. The second kappa shape index (κ2) is 7.96. The maximum atomic E-state index is 5.81. The van der Waals surface area contributed by atoms with Gasteiger partial charge >= 0.3 is 0 Å². The third-order valence-corrected chi connectivity index (χ3v) is 5.25. The summed E-state index contributed by atoms with van der Waals surface area (Å²) in [5.74, 6) is 1.50. The van der Waals surface area contributed by atoms with Crippen LogP contribution in [0.4, 0.5) is 11.6 Å². The number of aromatic amines is 1. The van der Waals surface area contributed by atoms with Gasteiger partial charge < -0.3 is 15.4 Å². The number of anilines is 2. The highest BCUT2D eigenvalue weighted by atomic mass is 16.5. The lowest BCUT2D eigenvalue weighted by Gasteiger charge is -2.27. The molecule has 0 atom stereocenters. The quantitative estimate of drug-likeness (QED) is 0.546. The Hall–Kier alpha value is -3.71. The number of rotatable bonds is 4. The molecule has 0 unspecified atom stereocenters. The molecule has 7 heteroatoms. The lowest BCUT2D eigenvalue weighted by atomic mass is 10.0. The molecule has 30 heavy (non-hydrogen) atoms. The van der Waals surface area contributed by atoms with Crippen LogP contribution in [0, 0.1) is 0 Å². The minimum atomic E-state index is 0.508. The lowest BCUT2D eigenvalue weighted by Crippen LogP contribution is -2.36. The first-order valence-corrected chi connectivity index (χ1v) is 9.93. The molecule has 1 aliphatic rings. The number of nitrogens with two attached hydrogens (primary N) is 1. The van der Waals surface area contributed by atoms with Gasteiger partial charge in [-0.2, -0.15) is 5.10 Å². The molecule has 4 heterocycles. The lowest BCUT2D eigenvalue weighted by molar-refractivity contribution is 0.122. The van der Waals surface area contributed by atoms with Gasteiger partial charge in [-0.25, -0.2) is 9.97 Å². The number of pyridine rings is 2. The number of hydrogen-bond acceptors (Lipinski definition) is 6. The van der Waals surface area contributed by atoms with Crippen LogP contribution >= 0.6 is 0 Å². The first kappa shape index (κ1) is 18.3. The average Bonchev–Trinajstić information content (AvgIpc) is 3.21. The molecule has 150 valence electrons. The van der Waals surface area contributed by atoms with Crippen molar-refractivity contribution < 1.29 is 4.74 Å². The summed E-state index contributed by atoms with van der Waals surface area (Å²) in [7, 11) is 0. The van der Waals surface area contributed by atoms with Crippen molar-refractivity contribution in [3.8, 4) is 11.1 Å². The van der Waals surface area contributed by atoms with Gasteiger partial charge in [-0.3, -0.25) is 5.10 Å². The summed E-state index contributed by atoms with van der Waals surface area (Å²) in [6, 6.07) is 14.2. The van der Waals surface area contributed by atoms with Gasteiger partial charge in [-0.1, -0.05) is 12.1 Å². The first-order valence-electron chi connectivity index (χ1n) is 9.93. The molecule has 1 aliphatic heterocycles. The predicted molar refractivity (Wildman–Crippen MR) is 120 cm³/mol. The maximum Gasteiger partial charge on any atom is 0.128 e. The van der Waals surface area contributed by atoms with Crippen LogP contribution in [-0.4, -0.2) is 46.5 Å². The number of nitrogens with one attached hydrogen (secondary N) is 1. The zero-order valence-electron chi connectivity index (χ0n) is 16.5. The molecule has 1 aromatic carbocycles. The van der Waals surface area contributed by atoms with Crippen molar-refractivity contribution in [1.82, 2.24) is 20.2 Å². The largest absolute Gasteiger partial charge is 0.384 e. The number of benzene rings is 1. The van der Waals surface area contributed by atoms with E-state index in [0.717, 1.165) is 65.4 Å². The Bertz CT molecular complexity index is 1190. The molecule has 0 aliphatic carbocycles. The molecule has 0 saturated carbocycles. The van der Waals surface area contributed by atoms with Crippen LogP contribution in [-0.2, 0) is 4.74 Å². The van der Waals surface area contributed by atoms with E-state index in [-0.39, 0.29) is 0 Å². The third-order valence-electron chi connectivity index (χ3n) is 5.25. The Morgan fingerprint density at radius 3 is 2.63 bits per heavy atom. The van der Waals surface area contributed by atoms with Crippen molar-refractivity contribution in [2.45, 2.75) is 0 Å². The van der Waals surface area contributed by atoms with E-state index in [2.05, 4.69) is 55.4 Å². The zero-order valence-corrected chi connectivity index (χ0v) is 16.5. The monoisotopic (exact) mass is 398 g/mol. The summed E-state index contributed by atoms with van der Waals surface area (Å²) in [4.78, 5) is 10.9. The molecule has 0 amide bonds. The summed E-state index contributed by atoms with van der Waals surface area (Å²) in [5, 5.41) is 8.65. The van der Waals surface area contributed by atoms with E-state index >= 15 is 0 Å².